The fourth-order valence-corrected chi connectivity index (χ4v) is 4.83. The van der Waals surface area contributed by atoms with Crippen molar-refractivity contribution in [1.82, 2.24) is 9.97 Å². The maximum atomic E-state index is 6.17. The zero-order valence-corrected chi connectivity index (χ0v) is 20.5. The molecule has 0 aliphatic carbocycles. The lowest BCUT2D eigenvalue weighted by molar-refractivity contribution is 0.477. The van der Waals surface area contributed by atoms with Gasteiger partial charge in [-0.2, -0.15) is 0 Å². The van der Waals surface area contributed by atoms with Crippen molar-refractivity contribution in [3.63, 3.8) is 0 Å². The van der Waals surface area contributed by atoms with Crippen molar-refractivity contribution < 1.29 is 4.74 Å². The Morgan fingerprint density at radius 1 is 0.447 bits per heavy atom. The Morgan fingerprint density at radius 2 is 0.921 bits per heavy atom. The summed E-state index contributed by atoms with van der Waals surface area (Å²) in [4.78, 5) is 12.2. The van der Waals surface area contributed by atoms with E-state index >= 15 is 0 Å². The molecule has 0 bridgehead atoms. The summed E-state index contributed by atoms with van der Waals surface area (Å²) in [6, 6.07) is 47.2. The van der Waals surface area contributed by atoms with Crippen molar-refractivity contribution in [3.05, 3.63) is 140 Å². The molecule has 38 heavy (non-hydrogen) atoms. The van der Waals surface area contributed by atoms with Crippen molar-refractivity contribution in [3.8, 4) is 45.4 Å². The first-order chi connectivity index (χ1) is 18.8. The van der Waals surface area contributed by atoms with Gasteiger partial charge >= 0.3 is 0 Å². The van der Waals surface area contributed by atoms with E-state index in [4.69, 9.17) is 14.7 Å². The first-order valence-corrected chi connectivity index (χ1v) is 12.6. The van der Waals surface area contributed by atoms with Gasteiger partial charge in [0.15, 0.2) is 17.3 Å². The van der Waals surface area contributed by atoms with E-state index in [-0.39, 0.29) is 0 Å². The van der Waals surface area contributed by atoms with Crippen LogP contribution in [0.4, 0.5) is 17.1 Å². The lowest BCUT2D eigenvalue weighted by Gasteiger charge is -2.32. The van der Waals surface area contributed by atoms with Gasteiger partial charge in [0.1, 0.15) is 0 Å². The smallest absolute Gasteiger partial charge is 0.160 e. The summed E-state index contributed by atoms with van der Waals surface area (Å²) in [6.45, 7) is 0. The molecule has 0 atom stereocenters. The second-order valence-corrected chi connectivity index (χ2v) is 9.11. The normalized spacial score (nSPS) is 11.8. The molecule has 7 rings (SSSR count). The van der Waals surface area contributed by atoms with Crippen LogP contribution in [-0.4, -0.2) is 9.97 Å². The third-order valence-electron chi connectivity index (χ3n) is 6.68. The average molecular weight is 490 g/mol. The monoisotopic (exact) mass is 489 g/mol. The van der Waals surface area contributed by atoms with Crippen LogP contribution in [0, 0.1) is 0 Å². The van der Waals surface area contributed by atoms with Gasteiger partial charge in [-0.3, -0.25) is 0 Å². The standard InChI is InChI=1S/C34H23N3O/c1-3-11-24(12-4-1)28-23-29(25-13-5-2-6-14-25)36-34(35-28)26-19-21-27(22-20-26)37-30-15-7-9-17-32(30)38-33-18-10-8-16-31(33)37/h1-23H. The number of rotatable bonds is 4. The van der Waals surface area contributed by atoms with Crippen LogP contribution in [0.2, 0.25) is 0 Å². The predicted octanol–water partition coefficient (Wildman–Crippen LogP) is 9.05. The summed E-state index contributed by atoms with van der Waals surface area (Å²) in [5.74, 6) is 2.36. The predicted molar refractivity (Wildman–Crippen MR) is 153 cm³/mol. The van der Waals surface area contributed by atoms with Crippen LogP contribution in [-0.2, 0) is 0 Å². The van der Waals surface area contributed by atoms with E-state index in [1.165, 1.54) is 0 Å². The van der Waals surface area contributed by atoms with Crippen LogP contribution >= 0.6 is 0 Å². The number of fused-ring (bicyclic) bond motifs is 2. The van der Waals surface area contributed by atoms with Crippen LogP contribution in [0.15, 0.2) is 140 Å². The molecule has 0 fully saturated rings. The highest BCUT2D eigenvalue weighted by Gasteiger charge is 2.25. The average Bonchev–Trinajstić information content (AvgIpc) is 3.00. The van der Waals surface area contributed by atoms with Crippen molar-refractivity contribution in [1.29, 1.82) is 0 Å². The first-order valence-electron chi connectivity index (χ1n) is 12.6. The molecule has 0 radical (unpaired) electrons. The minimum atomic E-state index is 0.694. The van der Waals surface area contributed by atoms with Crippen molar-refractivity contribution in [2.24, 2.45) is 0 Å². The molecule has 4 nitrogen and oxygen atoms in total. The Hall–Kier alpha value is -5.22. The molecule has 1 aromatic heterocycles. The summed E-state index contributed by atoms with van der Waals surface area (Å²) in [6.07, 6.45) is 0. The summed E-state index contributed by atoms with van der Waals surface area (Å²) in [7, 11) is 0. The molecule has 0 spiro atoms. The molecule has 0 saturated heterocycles. The van der Waals surface area contributed by atoms with Gasteiger partial charge in [0.05, 0.1) is 22.8 Å². The maximum absolute atomic E-state index is 6.17. The molecule has 180 valence electrons. The van der Waals surface area contributed by atoms with E-state index in [1.807, 2.05) is 72.8 Å². The second-order valence-electron chi connectivity index (χ2n) is 9.11. The molecule has 1 aliphatic rings. The van der Waals surface area contributed by atoms with E-state index in [2.05, 4.69) is 71.6 Å². The molecule has 5 aromatic carbocycles. The van der Waals surface area contributed by atoms with Crippen LogP contribution in [0.25, 0.3) is 33.9 Å². The number of hydrogen-bond donors (Lipinski definition) is 0. The SMILES string of the molecule is c1ccc(-c2cc(-c3ccccc3)nc(-c3ccc(N4c5ccccc5Oc5ccccc54)cc3)n2)cc1. The minimum absolute atomic E-state index is 0.694. The number of nitrogens with zero attached hydrogens (tertiary/aromatic N) is 3. The summed E-state index contributed by atoms with van der Waals surface area (Å²) in [5, 5.41) is 0. The molecule has 2 heterocycles. The molecular formula is C34H23N3O. The highest BCUT2D eigenvalue weighted by molar-refractivity contribution is 5.86. The Kier molecular flexibility index (Phi) is 5.41. The molecular weight excluding hydrogens is 466 g/mol. The highest BCUT2D eigenvalue weighted by Crippen LogP contribution is 2.50. The fraction of sp³-hybridized carbons (Fsp3) is 0. The third-order valence-corrected chi connectivity index (χ3v) is 6.68. The molecule has 4 heteroatoms. The Bertz CT molecular complexity index is 1630. The minimum Gasteiger partial charge on any atom is -0.453 e. The third kappa shape index (κ3) is 3.98. The van der Waals surface area contributed by atoms with E-state index < -0.39 is 0 Å². The van der Waals surface area contributed by atoms with E-state index in [1.54, 1.807) is 0 Å². The highest BCUT2D eigenvalue weighted by atomic mass is 16.5. The number of para-hydroxylation sites is 4. The lowest BCUT2D eigenvalue weighted by atomic mass is 10.1. The molecule has 0 N–H and O–H groups in total. The quantitative estimate of drug-likeness (QED) is 0.247. The Morgan fingerprint density at radius 3 is 1.45 bits per heavy atom. The van der Waals surface area contributed by atoms with Gasteiger partial charge in [0.2, 0.25) is 0 Å². The van der Waals surface area contributed by atoms with E-state index in [0.717, 1.165) is 56.6 Å². The van der Waals surface area contributed by atoms with Crippen LogP contribution < -0.4 is 9.64 Å². The number of benzene rings is 5. The number of aromatic nitrogens is 2. The maximum Gasteiger partial charge on any atom is 0.160 e. The van der Waals surface area contributed by atoms with Gasteiger partial charge in [-0.25, -0.2) is 9.97 Å². The van der Waals surface area contributed by atoms with Gasteiger partial charge in [0, 0.05) is 22.4 Å². The van der Waals surface area contributed by atoms with Gasteiger partial charge in [-0.1, -0.05) is 84.9 Å². The molecule has 1 aliphatic heterocycles. The number of hydrogen-bond acceptors (Lipinski definition) is 4. The van der Waals surface area contributed by atoms with Crippen molar-refractivity contribution in [2.45, 2.75) is 0 Å². The number of ether oxygens (including phenoxy) is 1. The molecule has 0 saturated carbocycles. The summed E-state index contributed by atoms with van der Waals surface area (Å²) in [5.41, 5.74) is 7.93. The lowest BCUT2D eigenvalue weighted by Crippen LogP contribution is -2.15. The largest absolute Gasteiger partial charge is 0.453 e. The van der Waals surface area contributed by atoms with Gasteiger partial charge in [-0.15, -0.1) is 0 Å². The fourth-order valence-electron chi connectivity index (χ4n) is 4.83. The zero-order valence-electron chi connectivity index (χ0n) is 20.5. The molecule has 6 aromatic rings. The van der Waals surface area contributed by atoms with Crippen LogP contribution in [0.1, 0.15) is 0 Å². The van der Waals surface area contributed by atoms with Gasteiger partial charge in [-0.05, 0) is 54.6 Å². The van der Waals surface area contributed by atoms with Crippen LogP contribution in [0.3, 0.4) is 0 Å². The Labute approximate surface area is 221 Å². The molecule has 0 unspecified atom stereocenters. The molecule has 0 amide bonds. The second kappa shape index (κ2) is 9.34. The topological polar surface area (TPSA) is 38.2 Å². The van der Waals surface area contributed by atoms with E-state index in [9.17, 15) is 0 Å². The summed E-state index contributed by atoms with van der Waals surface area (Å²) >= 11 is 0. The van der Waals surface area contributed by atoms with Crippen molar-refractivity contribution >= 4 is 17.1 Å². The zero-order chi connectivity index (χ0) is 25.3. The van der Waals surface area contributed by atoms with Crippen LogP contribution in [0.5, 0.6) is 11.5 Å². The number of anilines is 3. The van der Waals surface area contributed by atoms with E-state index in [0.29, 0.717) is 5.82 Å². The van der Waals surface area contributed by atoms with Gasteiger partial charge < -0.3 is 9.64 Å². The van der Waals surface area contributed by atoms with Crippen molar-refractivity contribution in [2.75, 3.05) is 4.90 Å². The van der Waals surface area contributed by atoms with Gasteiger partial charge in [0.25, 0.3) is 0 Å². The first kappa shape index (κ1) is 22.0. The summed E-state index contributed by atoms with van der Waals surface area (Å²) < 4.78 is 6.17. The Balaban J connectivity index is 1.32.